The van der Waals surface area contributed by atoms with Gasteiger partial charge in [-0.3, -0.25) is 9.78 Å². The van der Waals surface area contributed by atoms with Crippen molar-refractivity contribution >= 4 is 11.9 Å². The van der Waals surface area contributed by atoms with Crippen molar-refractivity contribution in [2.24, 2.45) is 5.92 Å². The number of allylic oxidation sites excluding steroid dienone is 2. The van der Waals surface area contributed by atoms with Crippen LogP contribution in [0.2, 0.25) is 0 Å². The Morgan fingerprint density at radius 1 is 1.29 bits per heavy atom. The molecule has 0 unspecified atom stereocenters. The first-order chi connectivity index (χ1) is 14.8. The molecule has 7 nitrogen and oxygen atoms in total. The molecule has 2 fully saturated rings. The molecule has 170 valence electrons. The van der Waals surface area contributed by atoms with Crippen LogP contribution in [0.1, 0.15) is 31.2 Å². The van der Waals surface area contributed by atoms with Gasteiger partial charge in [0.25, 0.3) is 0 Å². The number of nitrogens with zero attached hydrogens (tertiary/aromatic N) is 2. The van der Waals surface area contributed by atoms with Gasteiger partial charge in [-0.25, -0.2) is 4.79 Å². The first-order valence-corrected chi connectivity index (χ1v) is 10.1. The third kappa shape index (κ3) is 6.04. The Morgan fingerprint density at radius 3 is 2.61 bits per heavy atom. The van der Waals surface area contributed by atoms with E-state index in [0.717, 1.165) is 37.9 Å². The lowest BCUT2D eigenvalue weighted by Gasteiger charge is -2.33. The number of aromatic nitrogens is 1. The number of carboxylic acids is 1. The predicted octanol–water partition coefficient (Wildman–Crippen LogP) is 2.96. The maximum Gasteiger partial charge on any atom is 0.490 e. The van der Waals surface area contributed by atoms with E-state index in [0.29, 0.717) is 13.2 Å². The minimum Gasteiger partial charge on any atom is -0.475 e. The number of carboxylic acid groups (broad SMARTS) is 1. The monoisotopic (exact) mass is 442 g/mol. The SMILES string of the molecule is O=C(C1CC=CC1)N1C[C@@H](OCc2cccnc2)[C@H]2OCCC[C@H]21.O=C(O)C(F)(F)F. The summed E-state index contributed by atoms with van der Waals surface area (Å²) in [6.07, 6.45) is 6.46. The first kappa shape index (κ1) is 23.2. The molecule has 0 saturated carbocycles. The molecular weight excluding hydrogens is 417 g/mol. The fraction of sp³-hybridized carbons (Fsp3) is 0.571. The molecule has 1 N–H and O–H groups in total. The van der Waals surface area contributed by atoms with Crippen molar-refractivity contribution < 1.29 is 37.3 Å². The third-order valence-corrected chi connectivity index (χ3v) is 5.55. The fourth-order valence-corrected chi connectivity index (χ4v) is 4.05. The van der Waals surface area contributed by atoms with Crippen LogP contribution in [0.15, 0.2) is 36.7 Å². The standard InChI is InChI=1S/C19H24N2O3.C2HF3O2/c22-19(15-6-1-2-7-15)21-12-17(18-16(21)8-4-10-23-18)24-13-14-5-3-9-20-11-14;3-2(4,5)1(6)7/h1-3,5,9,11,15-18H,4,6-8,10,12-13H2;(H,6,7)/t16-,17-,18+;/m1./s1. The number of ether oxygens (including phenoxy) is 2. The molecule has 0 radical (unpaired) electrons. The Kier molecular flexibility index (Phi) is 7.66. The van der Waals surface area contributed by atoms with Gasteiger partial charge in [0.05, 0.1) is 12.6 Å². The highest BCUT2D eigenvalue weighted by molar-refractivity contribution is 5.80. The van der Waals surface area contributed by atoms with Gasteiger partial charge in [-0.1, -0.05) is 18.2 Å². The van der Waals surface area contributed by atoms with Gasteiger partial charge in [-0.2, -0.15) is 13.2 Å². The van der Waals surface area contributed by atoms with Gasteiger partial charge in [0, 0.05) is 31.5 Å². The van der Waals surface area contributed by atoms with Crippen LogP contribution in [0.3, 0.4) is 0 Å². The number of carbonyl (C=O) groups is 2. The average molecular weight is 442 g/mol. The van der Waals surface area contributed by atoms with Crippen LogP contribution in [-0.2, 0) is 25.7 Å². The first-order valence-electron chi connectivity index (χ1n) is 10.1. The molecular formula is C21H25F3N2O5. The Bertz CT molecular complexity index is 779. The van der Waals surface area contributed by atoms with Gasteiger partial charge < -0.3 is 19.5 Å². The van der Waals surface area contributed by atoms with Crippen molar-refractivity contribution in [3.63, 3.8) is 0 Å². The molecule has 4 rings (SSSR count). The van der Waals surface area contributed by atoms with E-state index < -0.39 is 12.1 Å². The Labute approximate surface area is 177 Å². The topological polar surface area (TPSA) is 89.0 Å². The van der Waals surface area contributed by atoms with Crippen LogP contribution >= 0.6 is 0 Å². The number of amides is 1. The molecule has 3 aliphatic rings. The Morgan fingerprint density at radius 2 is 2.00 bits per heavy atom. The van der Waals surface area contributed by atoms with Crippen molar-refractivity contribution in [3.8, 4) is 0 Å². The molecule has 1 aliphatic carbocycles. The number of alkyl halides is 3. The molecule has 3 heterocycles. The maximum atomic E-state index is 12.9. The van der Waals surface area contributed by atoms with Crippen LogP contribution in [-0.4, -0.2) is 64.4 Å². The van der Waals surface area contributed by atoms with Crippen molar-refractivity contribution in [1.29, 1.82) is 0 Å². The molecule has 2 aliphatic heterocycles. The Balaban J connectivity index is 0.000000339. The molecule has 10 heteroatoms. The average Bonchev–Trinajstić information content (AvgIpc) is 3.41. The highest BCUT2D eigenvalue weighted by Crippen LogP contribution is 2.34. The van der Waals surface area contributed by atoms with Crippen molar-refractivity contribution in [2.75, 3.05) is 13.2 Å². The number of fused-ring (bicyclic) bond motifs is 1. The minimum absolute atomic E-state index is 0.00809. The lowest BCUT2D eigenvalue weighted by atomic mass is 10.0. The van der Waals surface area contributed by atoms with Crippen LogP contribution in [0.5, 0.6) is 0 Å². The van der Waals surface area contributed by atoms with E-state index in [-0.39, 0.29) is 30.1 Å². The van der Waals surface area contributed by atoms with Crippen molar-refractivity contribution in [1.82, 2.24) is 9.88 Å². The molecule has 0 bridgehead atoms. The summed E-state index contributed by atoms with van der Waals surface area (Å²) in [5.74, 6) is -2.37. The van der Waals surface area contributed by atoms with E-state index in [4.69, 9.17) is 19.4 Å². The molecule has 3 atom stereocenters. The number of carbonyl (C=O) groups excluding carboxylic acids is 1. The minimum atomic E-state index is -5.08. The normalized spacial score (nSPS) is 25.6. The predicted molar refractivity (Wildman–Crippen MR) is 103 cm³/mol. The summed E-state index contributed by atoms with van der Waals surface area (Å²) in [6, 6.07) is 4.09. The summed E-state index contributed by atoms with van der Waals surface area (Å²) in [7, 11) is 0. The summed E-state index contributed by atoms with van der Waals surface area (Å²) in [6.45, 7) is 1.92. The van der Waals surface area contributed by atoms with Crippen LogP contribution in [0.4, 0.5) is 13.2 Å². The van der Waals surface area contributed by atoms with Gasteiger partial charge in [-0.05, 0) is 37.3 Å². The quantitative estimate of drug-likeness (QED) is 0.722. The second-order valence-corrected chi connectivity index (χ2v) is 7.69. The summed E-state index contributed by atoms with van der Waals surface area (Å²) >= 11 is 0. The van der Waals surface area contributed by atoms with Gasteiger partial charge in [-0.15, -0.1) is 0 Å². The summed E-state index contributed by atoms with van der Waals surface area (Å²) < 4.78 is 43.9. The maximum absolute atomic E-state index is 12.9. The van der Waals surface area contributed by atoms with E-state index in [1.54, 1.807) is 6.20 Å². The number of halogens is 3. The number of likely N-dealkylation sites (tertiary alicyclic amines) is 1. The van der Waals surface area contributed by atoms with Crippen LogP contribution in [0, 0.1) is 5.92 Å². The van der Waals surface area contributed by atoms with Crippen molar-refractivity contribution in [3.05, 3.63) is 42.2 Å². The molecule has 2 saturated heterocycles. The molecule has 0 aromatic carbocycles. The molecule has 31 heavy (non-hydrogen) atoms. The smallest absolute Gasteiger partial charge is 0.475 e. The number of hydrogen-bond donors (Lipinski definition) is 1. The van der Waals surface area contributed by atoms with E-state index in [1.807, 2.05) is 23.2 Å². The van der Waals surface area contributed by atoms with Gasteiger partial charge in [0.1, 0.15) is 12.2 Å². The second kappa shape index (κ2) is 10.2. The summed E-state index contributed by atoms with van der Waals surface area (Å²) in [5, 5.41) is 7.12. The molecule has 1 aromatic rings. The van der Waals surface area contributed by atoms with E-state index in [1.165, 1.54) is 0 Å². The largest absolute Gasteiger partial charge is 0.490 e. The Hall–Kier alpha value is -2.46. The number of rotatable bonds is 4. The number of hydrogen-bond acceptors (Lipinski definition) is 5. The van der Waals surface area contributed by atoms with Crippen LogP contribution in [0.25, 0.3) is 0 Å². The number of aliphatic carboxylic acids is 1. The zero-order valence-corrected chi connectivity index (χ0v) is 16.8. The van der Waals surface area contributed by atoms with Gasteiger partial charge in [0.15, 0.2) is 0 Å². The number of pyridine rings is 1. The van der Waals surface area contributed by atoms with Crippen LogP contribution < -0.4 is 0 Å². The zero-order chi connectivity index (χ0) is 22.4. The zero-order valence-electron chi connectivity index (χ0n) is 16.8. The van der Waals surface area contributed by atoms with E-state index in [9.17, 15) is 18.0 Å². The third-order valence-electron chi connectivity index (χ3n) is 5.55. The molecule has 0 spiro atoms. The lowest BCUT2D eigenvalue weighted by Crippen LogP contribution is -2.45. The van der Waals surface area contributed by atoms with Crippen molar-refractivity contribution in [2.45, 2.75) is 56.7 Å². The lowest BCUT2D eigenvalue weighted by molar-refractivity contribution is -0.192. The van der Waals surface area contributed by atoms with E-state index in [2.05, 4.69) is 17.1 Å². The highest BCUT2D eigenvalue weighted by Gasteiger charge is 2.47. The van der Waals surface area contributed by atoms with Gasteiger partial charge >= 0.3 is 12.1 Å². The molecule has 1 amide bonds. The fourth-order valence-electron chi connectivity index (χ4n) is 4.05. The summed E-state index contributed by atoms with van der Waals surface area (Å²) in [5.41, 5.74) is 1.05. The molecule has 1 aromatic heterocycles. The second-order valence-electron chi connectivity index (χ2n) is 7.69. The van der Waals surface area contributed by atoms with E-state index >= 15 is 0 Å². The summed E-state index contributed by atoms with van der Waals surface area (Å²) in [4.78, 5) is 27.9. The van der Waals surface area contributed by atoms with Gasteiger partial charge in [0.2, 0.25) is 5.91 Å². The highest BCUT2D eigenvalue weighted by atomic mass is 19.4.